The zero-order valence-corrected chi connectivity index (χ0v) is 11.5. The van der Waals surface area contributed by atoms with E-state index in [1.807, 2.05) is 0 Å². The van der Waals surface area contributed by atoms with Gasteiger partial charge in [0.05, 0.1) is 11.0 Å². The van der Waals surface area contributed by atoms with Crippen molar-refractivity contribution in [2.45, 2.75) is 6.10 Å². The molecular formula is C13H11FN2O4S. The smallest absolute Gasteiger partial charge is 0.304 e. The summed E-state index contributed by atoms with van der Waals surface area (Å²) in [5, 5.41) is 26.3. The molecule has 110 valence electrons. The minimum Gasteiger partial charge on any atom is -0.387 e. The number of hydrogen-bond acceptors (Lipinski definition) is 5. The molecule has 1 amide bonds. The zero-order valence-electron chi connectivity index (χ0n) is 10.7. The predicted octanol–water partition coefficient (Wildman–Crippen LogP) is 2.26. The third kappa shape index (κ3) is 3.61. The first-order valence-electron chi connectivity index (χ1n) is 5.91. The summed E-state index contributed by atoms with van der Waals surface area (Å²) in [6.45, 7) is -0.0336. The predicted molar refractivity (Wildman–Crippen MR) is 74.7 cm³/mol. The Kier molecular flexibility index (Phi) is 4.61. The number of aliphatic hydroxyl groups excluding tert-OH is 1. The van der Waals surface area contributed by atoms with E-state index in [9.17, 15) is 24.4 Å². The summed E-state index contributed by atoms with van der Waals surface area (Å²) in [5.74, 6) is -1.69. The Bertz CT molecular complexity index is 660. The fourth-order valence-electron chi connectivity index (χ4n) is 1.67. The van der Waals surface area contributed by atoms with Crippen molar-refractivity contribution >= 4 is 22.9 Å². The first-order chi connectivity index (χ1) is 9.99. The molecule has 2 aromatic rings. The van der Waals surface area contributed by atoms with Gasteiger partial charge in [-0.15, -0.1) is 0 Å². The second-order valence-corrected chi connectivity index (χ2v) is 4.99. The molecule has 2 N–H and O–H groups in total. The van der Waals surface area contributed by atoms with Crippen LogP contribution in [0.2, 0.25) is 0 Å². The van der Waals surface area contributed by atoms with Crippen LogP contribution in [-0.4, -0.2) is 22.5 Å². The van der Waals surface area contributed by atoms with Gasteiger partial charge < -0.3 is 10.4 Å². The molecule has 0 aliphatic rings. The molecule has 0 aliphatic heterocycles. The molecule has 0 saturated heterocycles. The van der Waals surface area contributed by atoms with Gasteiger partial charge in [-0.05, 0) is 34.5 Å². The lowest BCUT2D eigenvalue weighted by Crippen LogP contribution is -2.28. The van der Waals surface area contributed by atoms with Crippen molar-refractivity contribution in [2.24, 2.45) is 0 Å². The molecule has 2 rings (SSSR count). The van der Waals surface area contributed by atoms with Crippen LogP contribution in [0.4, 0.5) is 10.1 Å². The van der Waals surface area contributed by atoms with Crippen LogP contribution in [0.25, 0.3) is 0 Å². The molecule has 0 bridgehead atoms. The lowest BCUT2D eigenvalue weighted by atomic mass is 10.1. The summed E-state index contributed by atoms with van der Waals surface area (Å²) >= 11 is 1.42. The van der Waals surface area contributed by atoms with Crippen molar-refractivity contribution in [1.29, 1.82) is 0 Å². The molecule has 1 aromatic heterocycles. The van der Waals surface area contributed by atoms with Crippen LogP contribution >= 0.6 is 11.3 Å². The molecule has 21 heavy (non-hydrogen) atoms. The van der Waals surface area contributed by atoms with Crippen molar-refractivity contribution in [2.75, 3.05) is 6.54 Å². The van der Waals surface area contributed by atoms with E-state index in [1.54, 1.807) is 16.8 Å². The van der Waals surface area contributed by atoms with Crippen LogP contribution in [0.1, 0.15) is 22.0 Å². The molecule has 0 fully saturated rings. The van der Waals surface area contributed by atoms with Gasteiger partial charge in [-0.25, -0.2) is 0 Å². The van der Waals surface area contributed by atoms with Gasteiger partial charge in [0.15, 0.2) is 0 Å². The van der Waals surface area contributed by atoms with Crippen molar-refractivity contribution in [3.63, 3.8) is 0 Å². The third-order valence-corrected chi connectivity index (χ3v) is 3.49. The summed E-state index contributed by atoms with van der Waals surface area (Å²) in [5.41, 5.74) is -0.0596. The average Bonchev–Trinajstić information content (AvgIpc) is 2.98. The highest BCUT2D eigenvalue weighted by Crippen LogP contribution is 2.18. The second kappa shape index (κ2) is 6.42. The van der Waals surface area contributed by atoms with Gasteiger partial charge in [0.1, 0.15) is 0 Å². The largest absolute Gasteiger partial charge is 0.387 e. The Morgan fingerprint density at radius 3 is 2.81 bits per heavy atom. The maximum Gasteiger partial charge on any atom is 0.304 e. The quantitative estimate of drug-likeness (QED) is 0.654. The fourth-order valence-corrected chi connectivity index (χ4v) is 2.38. The Morgan fingerprint density at radius 2 is 2.24 bits per heavy atom. The maximum atomic E-state index is 13.4. The summed E-state index contributed by atoms with van der Waals surface area (Å²) in [6.07, 6.45) is -0.858. The van der Waals surface area contributed by atoms with Crippen molar-refractivity contribution in [3.05, 3.63) is 62.1 Å². The van der Waals surface area contributed by atoms with E-state index < -0.39 is 28.4 Å². The minimum atomic E-state index is -1.08. The van der Waals surface area contributed by atoms with Gasteiger partial charge in [0.2, 0.25) is 5.82 Å². The molecule has 0 saturated carbocycles. The van der Waals surface area contributed by atoms with E-state index in [-0.39, 0.29) is 12.1 Å². The molecular weight excluding hydrogens is 299 g/mol. The molecule has 1 aromatic carbocycles. The Hall–Kier alpha value is -2.32. The van der Waals surface area contributed by atoms with Crippen LogP contribution in [0.5, 0.6) is 0 Å². The van der Waals surface area contributed by atoms with E-state index in [0.717, 1.165) is 18.2 Å². The number of benzene rings is 1. The van der Waals surface area contributed by atoms with Gasteiger partial charge in [0.25, 0.3) is 5.91 Å². The Balaban J connectivity index is 2.00. The molecule has 6 nitrogen and oxygen atoms in total. The van der Waals surface area contributed by atoms with Crippen LogP contribution in [0.3, 0.4) is 0 Å². The maximum absolute atomic E-state index is 13.4. The van der Waals surface area contributed by atoms with Gasteiger partial charge in [-0.3, -0.25) is 14.9 Å². The van der Waals surface area contributed by atoms with E-state index in [2.05, 4.69) is 5.32 Å². The first-order valence-corrected chi connectivity index (χ1v) is 6.85. The van der Waals surface area contributed by atoms with Gasteiger partial charge in [0, 0.05) is 18.2 Å². The topological polar surface area (TPSA) is 92.5 Å². The third-order valence-electron chi connectivity index (χ3n) is 2.79. The summed E-state index contributed by atoms with van der Waals surface area (Å²) < 4.78 is 13.4. The Labute approximate surface area is 123 Å². The molecule has 0 radical (unpaired) electrons. The molecule has 0 spiro atoms. The number of nitro benzene ring substituents is 1. The van der Waals surface area contributed by atoms with Crippen LogP contribution in [0, 0.1) is 15.9 Å². The normalized spacial score (nSPS) is 11.9. The SMILES string of the molecule is O=C(NCC(O)c1ccsc1)c1ccc([N+](=O)[O-])c(F)c1. The van der Waals surface area contributed by atoms with Crippen molar-refractivity contribution < 1.29 is 19.2 Å². The van der Waals surface area contributed by atoms with E-state index in [0.29, 0.717) is 5.56 Å². The highest BCUT2D eigenvalue weighted by Gasteiger charge is 2.17. The average molecular weight is 310 g/mol. The zero-order chi connectivity index (χ0) is 15.4. The van der Waals surface area contributed by atoms with Gasteiger partial charge in [-0.2, -0.15) is 15.7 Å². The lowest BCUT2D eigenvalue weighted by Gasteiger charge is -2.10. The molecule has 0 aliphatic carbocycles. The van der Waals surface area contributed by atoms with Crippen molar-refractivity contribution in [1.82, 2.24) is 5.32 Å². The van der Waals surface area contributed by atoms with Crippen LogP contribution < -0.4 is 5.32 Å². The number of nitro groups is 1. The van der Waals surface area contributed by atoms with Gasteiger partial charge >= 0.3 is 5.69 Å². The fraction of sp³-hybridized carbons (Fsp3) is 0.154. The number of nitrogens with zero attached hydrogens (tertiary/aromatic N) is 1. The number of nitrogens with one attached hydrogen (secondary N) is 1. The van der Waals surface area contributed by atoms with Gasteiger partial charge in [-0.1, -0.05) is 0 Å². The standard InChI is InChI=1S/C13H11FN2O4S/c14-10-5-8(1-2-11(10)16(19)20)13(18)15-6-12(17)9-3-4-21-7-9/h1-5,7,12,17H,6H2,(H,15,18). The minimum absolute atomic E-state index is 0.0336. The van der Waals surface area contributed by atoms with E-state index in [1.165, 1.54) is 11.3 Å². The second-order valence-electron chi connectivity index (χ2n) is 4.21. The number of carbonyl (C=O) groups is 1. The molecule has 1 heterocycles. The number of rotatable bonds is 5. The number of aliphatic hydroxyl groups is 1. The lowest BCUT2D eigenvalue weighted by molar-refractivity contribution is -0.387. The number of hydrogen-bond donors (Lipinski definition) is 2. The number of carbonyl (C=O) groups excluding carboxylic acids is 1. The number of thiophene rings is 1. The van der Waals surface area contributed by atoms with Crippen LogP contribution in [0.15, 0.2) is 35.0 Å². The monoisotopic (exact) mass is 310 g/mol. The summed E-state index contributed by atoms with van der Waals surface area (Å²) in [6, 6.07) is 4.62. The van der Waals surface area contributed by atoms with E-state index in [4.69, 9.17) is 0 Å². The summed E-state index contributed by atoms with van der Waals surface area (Å²) in [7, 11) is 0. The molecule has 1 atom stereocenters. The summed E-state index contributed by atoms with van der Waals surface area (Å²) in [4.78, 5) is 21.4. The highest BCUT2D eigenvalue weighted by atomic mass is 32.1. The molecule has 8 heteroatoms. The number of amides is 1. The first kappa shape index (κ1) is 15.1. The molecule has 1 unspecified atom stereocenters. The highest BCUT2D eigenvalue weighted by molar-refractivity contribution is 7.07. The van der Waals surface area contributed by atoms with E-state index >= 15 is 0 Å². The van der Waals surface area contributed by atoms with Crippen molar-refractivity contribution in [3.8, 4) is 0 Å². The Morgan fingerprint density at radius 1 is 1.48 bits per heavy atom. The van der Waals surface area contributed by atoms with Crippen LogP contribution in [-0.2, 0) is 0 Å². The number of halogens is 1.